The van der Waals surface area contributed by atoms with Gasteiger partial charge in [-0.3, -0.25) is 0 Å². The summed E-state index contributed by atoms with van der Waals surface area (Å²) < 4.78 is 0. The Labute approximate surface area is 98.6 Å². The first-order chi connectivity index (χ1) is 7.95. The molecule has 3 heterocycles. The molecule has 3 rings (SSSR count). The third-order valence-electron chi connectivity index (χ3n) is 2.92. The van der Waals surface area contributed by atoms with Gasteiger partial charge in [-0.05, 0) is 24.4 Å². The molecule has 2 aromatic rings. The van der Waals surface area contributed by atoms with Crippen LogP contribution < -0.4 is 5.32 Å². The lowest BCUT2D eigenvalue weighted by molar-refractivity contribution is 0.708. The predicted molar refractivity (Wildman–Crippen MR) is 65.6 cm³/mol. The molecular formula is C12H13N3S. The highest BCUT2D eigenvalue weighted by Gasteiger charge is 2.15. The molecule has 0 atom stereocenters. The summed E-state index contributed by atoms with van der Waals surface area (Å²) in [7, 11) is 0. The molecule has 0 radical (unpaired) electrons. The van der Waals surface area contributed by atoms with E-state index >= 15 is 0 Å². The Bertz CT molecular complexity index is 479. The zero-order valence-corrected chi connectivity index (χ0v) is 9.76. The number of aromatic nitrogens is 2. The van der Waals surface area contributed by atoms with Crippen LogP contribution in [0.15, 0.2) is 23.2 Å². The van der Waals surface area contributed by atoms with Crippen molar-refractivity contribution in [2.75, 3.05) is 13.1 Å². The van der Waals surface area contributed by atoms with Crippen molar-refractivity contribution in [3.05, 3.63) is 34.4 Å². The first-order valence-electron chi connectivity index (χ1n) is 5.51. The van der Waals surface area contributed by atoms with Crippen LogP contribution in [0, 0.1) is 0 Å². The van der Waals surface area contributed by atoms with E-state index in [9.17, 15) is 0 Å². The molecule has 0 aliphatic carbocycles. The van der Waals surface area contributed by atoms with Crippen LogP contribution in [0.3, 0.4) is 0 Å². The third-order valence-corrected chi connectivity index (χ3v) is 3.60. The molecule has 0 saturated heterocycles. The first kappa shape index (κ1) is 9.93. The van der Waals surface area contributed by atoms with Crippen molar-refractivity contribution in [1.29, 1.82) is 0 Å². The van der Waals surface area contributed by atoms with Gasteiger partial charge in [0, 0.05) is 35.2 Å². The molecule has 1 aliphatic heterocycles. The van der Waals surface area contributed by atoms with E-state index in [1.165, 1.54) is 16.8 Å². The molecule has 1 N–H and O–H groups in total. The molecule has 0 fully saturated rings. The summed E-state index contributed by atoms with van der Waals surface area (Å²) in [5, 5.41) is 7.65. The summed E-state index contributed by atoms with van der Waals surface area (Å²) in [5.74, 6) is 0. The van der Waals surface area contributed by atoms with Gasteiger partial charge < -0.3 is 5.32 Å². The highest BCUT2D eigenvalue weighted by atomic mass is 32.1. The average Bonchev–Trinajstić information content (AvgIpc) is 2.73. The van der Waals surface area contributed by atoms with Gasteiger partial charge in [0.15, 0.2) is 0 Å². The maximum absolute atomic E-state index is 4.44. The van der Waals surface area contributed by atoms with Crippen LogP contribution >= 0.6 is 11.3 Å². The number of rotatable bonds is 1. The van der Waals surface area contributed by atoms with Crippen molar-refractivity contribution < 1.29 is 0 Å². The largest absolute Gasteiger partial charge is 0.316 e. The topological polar surface area (TPSA) is 37.8 Å². The highest BCUT2D eigenvalue weighted by Crippen LogP contribution is 2.26. The van der Waals surface area contributed by atoms with Gasteiger partial charge in [-0.25, -0.2) is 9.97 Å². The van der Waals surface area contributed by atoms with Gasteiger partial charge in [0.1, 0.15) is 6.33 Å². The van der Waals surface area contributed by atoms with E-state index in [1.807, 2.05) is 0 Å². The van der Waals surface area contributed by atoms with E-state index in [0.717, 1.165) is 31.6 Å². The number of hydrogen-bond donors (Lipinski definition) is 1. The minimum atomic E-state index is 1.01. The second kappa shape index (κ2) is 4.31. The molecule has 3 nitrogen and oxygen atoms in total. The highest BCUT2D eigenvalue weighted by molar-refractivity contribution is 7.08. The Kier molecular flexibility index (Phi) is 2.68. The first-order valence-corrected chi connectivity index (χ1v) is 6.45. The molecule has 0 amide bonds. The minimum absolute atomic E-state index is 1.01. The molecule has 82 valence electrons. The number of thiophene rings is 1. The lowest BCUT2D eigenvalue weighted by Crippen LogP contribution is -2.16. The minimum Gasteiger partial charge on any atom is -0.316 e. The Morgan fingerprint density at radius 3 is 3.00 bits per heavy atom. The van der Waals surface area contributed by atoms with Crippen molar-refractivity contribution in [1.82, 2.24) is 15.3 Å². The second-order valence-corrected chi connectivity index (χ2v) is 4.69. The van der Waals surface area contributed by atoms with Crippen molar-refractivity contribution in [2.45, 2.75) is 12.8 Å². The van der Waals surface area contributed by atoms with Crippen LogP contribution in [-0.4, -0.2) is 23.1 Å². The molecule has 2 aromatic heterocycles. The van der Waals surface area contributed by atoms with E-state index < -0.39 is 0 Å². The number of nitrogens with zero attached hydrogens (tertiary/aromatic N) is 2. The lowest BCUT2D eigenvalue weighted by atomic mass is 10.0. The van der Waals surface area contributed by atoms with Crippen LogP contribution in [-0.2, 0) is 12.8 Å². The van der Waals surface area contributed by atoms with Crippen LogP contribution in [0.4, 0.5) is 0 Å². The molecule has 0 bridgehead atoms. The van der Waals surface area contributed by atoms with Crippen molar-refractivity contribution in [2.24, 2.45) is 0 Å². The van der Waals surface area contributed by atoms with E-state index in [-0.39, 0.29) is 0 Å². The number of fused-ring (bicyclic) bond motifs is 1. The number of nitrogens with one attached hydrogen (secondary N) is 1. The summed E-state index contributed by atoms with van der Waals surface area (Å²) >= 11 is 1.71. The van der Waals surface area contributed by atoms with Crippen LogP contribution in [0.2, 0.25) is 0 Å². The zero-order chi connectivity index (χ0) is 10.8. The predicted octanol–water partition coefficient (Wildman–Crippen LogP) is 1.89. The summed E-state index contributed by atoms with van der Waals surface area (Å²) in [6.07, 6.45) is 3.73. The van der Waals surface area contributed by atoms with Gasteiger partial charge >= 0.3 is 0 Å². The van der Waals surface area contributed by atoms with E-state index in [1.54, 1.807) is 17.7 Å². The maximum Gasteiger partial charge on any atom is 0.116 e. The summed E-state index contributed by atoms with van der Waals surface area (Å²) in [6, 6.07) is 2.13. The maximum atomic E-state index is 4.44. The van der Waals surface area contributed by atoms with Gasteiger partial charge in [-0.2, -0.15) is 11.3 Å². The molecule has 0 unspecified atom stereocenters. The molecule has 0 aromatic carbocycles. The zero-order valence-electron chi connectivity index (χ0n) is 8.94. The van der Waals surface area contributed by atoms with Crippen LogP contribution in [0.1, 0.15) is 11.3 Å². The van der Waals surface area contributed by atoms with Gasteiger partial charge in [0.05, 0.1) is 5.69 Å². The van der Waals surface area contributed by atoms with Gasteiger partial charge in [0.2, 0.25) is 0 Å². The van der Waals surface area contributed by atoms with E-state index in [4.69, 9.17) is 0 Å². The fourth-order valence-corrected chi connectivity index (χ4v) is 2.76. The Hall–Kier alpha value is -1.26. The van der Waals surface area contributed by atoms with E-state index in [2.05, 4.69) is 32.1 Å². The summed E-state index contributed by atoms with van der Waals surface area (Å²) in [6.45, 7) is 2.05. The average molecular weight is 231 g/mol. The third kappa shape index (κ3) is 1.74. The Morgan fingerprint density at radius 1 is 1.19 bits per heavy atom. The fourth-order valence-electron chi connectivity index (χ4n) is 2.12. The number of hydrogen-bond acceptors (Lipinski definition) is 4. The fraction of sp³-hybridized carbons (Fsp3) is 0.333. The molecule has 0 saturated carbocycles. The van der Waals surface area contributed by atoms with Crippen molar-refractivity contribution >= 4 is 11.3 Å². The summed E-state index contributed by atoms with van der Waals surface area (Å²) in [5.41, 5.74) is 4.88. The van der Waals surface area contributed by atoms with Gasteiger partial charge in [-0.15, -0.1) is 0 Å². The Morgan fingerprint density at radius 2 is 2.12 bits per heavy atom. The SMILES string of the molecule is c1nc2c(c(-c3ccsc3)n1)CCNCC2. The lowest BCUT2D eigenvalue weighted by Gasteiger charge is -2.08. The van der Waals surface area contributed by atoms with Crippen LogP contribution in [0.5, 0.6) is 0 Å². The molecular weight excluding hydrogens is 218 g/mol. The molecule has 4 heteroatoms. The van der Waals surface area contributed by atoms with Crippen molar-refractivity contribution in [3.8, 4) is 11.3 Å². The Balaban J connectivity index is 2.12. The standard InChI is InChI=1S/C12H13N3S/c1-4-13-5-2-11-10(1)12(15-8-14-11)9-3-6-16-7-9/h3,6-8,13H,1-2,4-5H2. The monoisotopic (exact) mass is 231 g/mol. The molecule has 0 spiro atoms. The van der Waals surface area contributed by atoms with Crippen LogP contribution in [0.25, 0.3) is 11.3 Å². The second-order valence-electron chi connectivity index (χ2n) is 3.91. The summed E-state index contributed by atoms with van der Waals surface area (Å²) in [4.78, 5) is 8.85. The smallest absolute Gasteiger partial charge is 0.116 e. The quantitative estimate of drug-likeness (QED) is 0.814. The van der Waals surface area contributed by atoms with Crippen molar-refractivity contribution in [3.63, 3.8) is 0 Å². The molecule has 16 heavy (non-hydrogen) atoms. The van der Waals surface area contributed by atoms with Gasteiger partial charge in [0.25, 0.3) is 0 Å². The van der Waals surface area contributed by atoms with E-state index in [0.29, 0.717) is 0 Å². The molecule has 1 aliphatic rings. The van der Waals surface area contributed by atoms with Gasteiger partial charge in [-0.1, -0.05) is 0 Å². The normalized spacial score (nSPS) is 15.5.